The van der Waals surface area contributed by atoms with Gasteiger partial charge in [-0.3, -0.25) is 4.79 Å². The minimum atomic E-state index is -0.360. The molecule has 88 valence electrons. The first kappa shape index (κ1) is 11.5. The molecule has 0 aliphatic heterocycles. The van der Waals surface area contributed by atoms with Crippen LogP contribution in [0.2, 0.25) is 0 Å². The van der Waals surface area contributed by atoms with Crippen LogP contribution >= 0.6 is 11.3 Å². The number of anilines is 1. The van der Waals surface area contributed by atoms with Crippen LogP contribution in [-0.4, -0.2) is 10.9 Å². The van der Waals surface area contributed by atoms with E-state index in [1.807, 2.05) is 0 Å². The van der Waals surface area contributed by atoms with Gasteiger partial charge >= 0.3 is 0 Å². The van der Waals surface area contributed by atoms with Crippen LogP contribution in [0.4, 0.5) is 9.52 Å². The van der Waals surface area contributed by atoms with Gasteiger partial charge in [-0.1, -0.05) is 18.2 Å². The molecule has 1 amide bonds. The number of hydrogen-bond acceptors (Lipinski definition) is 4. The van der Waals surface area contributed by atoms with E-state index in [1.54, 1.807) is 23.6 Å². The summed E-state index contributed by atoms with van der Waals surface area (Å²) in [6, 6.07) is 6.28. The highest BCUT2D eigenvalue weighted by Crippen LogP contribution is 2.11. The average Bonchev–Trinajstić information content (AvgIpc) is 2.74. The summed E-state index contributed by atoms with van der Waals surface area (Å²) in [4.78, 5) is 15.4. The van der Waals surface area contributed by atoms with Gasteiger partial charge in [0.2, 0.25) is 0 Å². The normalized spacial score (nSPS) is 10.2. The predicted molar refractivity (Wildman–Crippen MR) is 64.1 cm³/mol. The summed E-state index contributed by atoms with van der Waals surface area (Å²) in [5.41, 5.74) is 6.10. The third kappa shape index (κ3) is 2.79. The monoisotopic (exact) mass is 251 g/mol. The Kier molecular flexibility index (Phi) is 3.34. The molecule has 3 N–H and O–H groups in total. The molecule has 0 unspecified atom stereocenters. The van der Waals surface area contributed by atoms with Gasteiger partial charge in [0.1, 0.15) is 11.5 Å². The van der Waals surface area contributed by atoms with Crippen molar-refractivity contribution in [2.75, 3.05) is 5.73 Å². The minimum Gasteiger partial charge on any atom is -0.375 e. The number of nitrogen functional groups attached to an aromatic ring is 1. The maximum atomic E-state index is 13.3. The highest BCUT2D eigenvalue weighted by molar-refractivity contribution is 7.13. The SMILES string of the molecule is Nc1nc(C(=O)NCc2ccccc2F)cs1. The molecule has 1 heterocycles. The summed E-state index contributed by atoms with van der Waals surface area (Å²) in [5.74, 6) is -0.702. The lowest BCUT2D eigenvalue weighted by Crippen LogP contribution is -2.23. The molecular weight excluding hydrogens is 241 g/mol. The van der Waals surface area contributed by atoms with Crippen molar-refractivity contribution in [1.82, 2.24) is 10.3 Å². The van der Waals surface area contributed by atoms with Crippen molar-refractivity contribution in [3.05, 3.63) is 46.7 Å². The molecule has 0 fully saturated rings. The number of nitrogens with zero attached hydrogens (tertiary/aromatic N) is 1. The largest absolute Gasteiger partial charge is 0.375 e. The number of nitrogens with two attached hydrogens (primary N) is 1. The Balaban J connectivity index is 1.99. The molecule has 2 rings (SSSR count). The number of amides is 1. The van der Waals surface area contributed by atoms with Gasteiger partial charge in [-0.25, -0.2) is 9.37 Å². The Morgan fingerprint density at radius 3 is 2.88 bits per heavy atom. The summed E-state index contributed by atoms with van der Waals surface area (Å²) in [6.07, 6.45) is 0. The Morgan fingerprint density at radius 2 is 2.24 bits per heavy atom. The van der Waals surface area contributed by atoms with E-state index in [2.05, 4.69) is 10.3 Å². The highest BCUT2D eigenvalue weighted by atomic mass is 32.1. The molecule has 4 nitrogen and oxygen atoms in total. The van der Waals surface area contributed by atoms with Crippen molar-refractivity contribution in [3.8, 4) is 0 Å². The zero-order chi connectivity index (χ0) is 12.3. The summed E-state index contributed by atoms with van der Waals surface area (Å²) >= 11 is 1.19. The Bertz CT molecular complexity index is 541. The lowest BCUT2D eigenvalue weighted by Gasteiger charge is -2.04. The summed E-state index contributed by atoms with van der Waals surface area (Å²) in [5, 5.41) is 4.47. The van der Waals surface area contributed by atoms with Crippen molar-refractivity contribution in [1.29, 1.82) is 0 Å². The fourth-order valence-electron chi connectivity index (χ4n) is 1.30. The Labute approximate surface area is 101 Å². The van der Waals surface area contributed by atoms with Crippen molar-refractivity contribution >= 4 is 22.4 Å². The highest BCUT2D eigenvalue weighted by Gasteiger charge is 2.09. The smallest absolute Gasteiger partial charge is 0.271 e. The maximum Gasteiger partial charge on any atom is 0.271 e. The molecule has 6 heteroatoms. The van der Waals surface area contributed by atoms with E-state index in [9.17, 15) is 9.18 Å². The molecule has 1 aromatic heterocycles. The first-order valence-electron chi connectivity index (χ1n) is 4.89. The molecular formula is C11H10FN3OS. The summed E-state index contributed by atoms with van der Waals surface area (Å²) < 4.78 is 13.3. The molecule has 0 aliphatic rings. The third-order valence-electron chi connectivity index (χ3n) is 2.15. The summed E-state index contributed by atoms with van der Waals surface area (Å²) in [6.45, 7) is 0.128. The van der Waals surface area contributed by atoms with E-state index in [0.717, 1.165) is 0 Å². The van der Waals surface area contributed by atoms with Crippen molar-refractivity contribution in [2.45, 2.75) is 6.54 Å². The van der Waals surface area contributed by atoms with Gasteiger partial charge in [-0.05, 0) is 6.07 Å². The first-order valence-corrected chi connectivity index (χ1v) is 5.77. The topological polar surface area (TPSA) is 68.0 Å². The molecule has 17 heavy (non-hydrogen) atoms. The van der Waals surface area contributed by atoms with E-state index < -0.39 is 0 Å². The van der Waals surface area contributed by atoms with Crippen LogP contribution in [0, 0.1) is 5.82 Å². The third-order valence-corrected chi connectivity index (χ3v) is 2.83. The maximum absolute atomic E-state index is 13.3. The molecule has 0 atom stereocenters. The molecule has 1 aromatic carbocycles. The second-order valence-corrected chi connectivity index (χ2v) is 4.23. The van der Waals surface area contributed by atoms with Gasteiger partial charge in [-0.2, -0.15) is 0 Å². The molecule has 0 aliphatic carbocycles. The number of thiazole rings is 1. The Hall–Kier alpha value is -1.95. The standard InChI is InChI=1S/C11H10FN3OS/c12-8-4-2-1-3-7(8)5-14-10(16)9-6-17-11(13)15-9/h1-4,6H,5H2,(H2,13,15)(H,14,16). The quantitative estimate of drug-likeness (QED) is 0.874. The van der Waals surface area contributed by atoms with Gasteiger partial charge in [0.25, 0.3) is 5.91 Å². The molecule has 0 bridgehead atoms. The summed E-state index contributed by atoms with van der Waals surface area (Å²) in [7, 11) is 0. The second-order valence-electron chi connectivity index (χ2n) is 3.35. The lowest BCUT2D eigenvalue weighted by molar-refractivity contribution is 0.0946. The number of nitrogens with one attached hydrogen (secondary N) is 1. The minimum absolute atomic E-state index is 0.128. The average molecular weight is 251 g/mol. The van der Waals surface area contributed by atoms with Crippen LogP contribution in [0.3, 0.4) is 0 Å². The fraction of sp³-hybridized carbons (Fsp3) is 0.0909. The number of rotatable bonds is 3. The predicted octanol–water partition coefficient (Wildman–Crippen LogP) is 1.79. The van der Waals surface area contributed by atoms with E-state index >= 15 is 0 Å². The number of halogens is 1. The van der Waals surface area contributed by atoms with Gasteiger partial charge in [0, 0.05) is 17.5 Å². The molecule has 0 saturated carbocycles. The molecule has 0 saturated heterocycles. The van der Waals surface area contributed by atoms with Crippen LogP contribution in [0.25, 0.3) is 0 Å². The molecule has 0 radical (unpaired) electrons. The van der Waals surface area contributed by atoms with Gasteiger partial charge in [0.15, 0.2) is 5.13 Å². The van der Waals surface area contributed by atoms with E-state index in [0.29, 0.717) is 10.7 Å². The number of hydrogen-bond donors (Lipinski definition) is 2. The van der Waals surface area contributed by atoms with E-state index in [4.69, 9.17) is 5.73 Å². The van der Waals surface area contributed by atoms with E-state index in [1.165, 1.54) is 17.4 Å². The first-order chi connectivity index (χ1) is 8.16. The number of carbonyl (C=O) groups excluding carboxylic acids is 1. The van der Waals surface area contributed by atoms with Gasteiger partial charge in [0.05, 0.1) is 0 Å². The lowest BCUT2D eigenvalue weighted by atomic mass is 10.2. The second kappa shape index (κ2) is 4.92. The van der Waals surface area contributed by atoms with Crippen LogP contribution in [0.1, 0.15) is 16.1 Å². The van der Waals surface area contributed by atoms with E-state index in [-0.39, 0.29) is 24.0 Å². The van der Waals surface area contributed by atoms with Gasteiger partial charge in [-0.15, -0.1) is 11.3 Å². The van der Waals surface area contributed by atoms with Crippen LogP contribution in [0.15, 0.2) is 29.6 Å². The number of carbonyl (C=O) groups is 1. The van der Waals surface area contributed by atoms with Crippen molar-refractivity contribution in [2.24, 2.45) is 0 Å². The zero-order valence-electron chi connectivity index (χ0n) is 8.81. The molecule has 0 spiro atoms. The molecule has 2 aromatic rings. The van der Waals surface area contributed by atoms with Crippen molar-refractivity contribution < 1.29 is 9.18 Å². The zero-order valence-corrected chi connectivity index (χ0v) is 9.63. The van der Waals surface area contributed by atoms with Crippen LogP contribution in [-0.2, 0) is 6.54 Å². The Morgan fingerprint density at radius 1 is 1.47 bits per heavy atom. The van der Waals surface area contributed by atoms with Crippen LogP contribution < -0.4 is 11.1 Å². The van der Waals surface area contributed by atoms with Crippen LogP contribution in [0.5, 0.6) is 0 Å². The van der Waals surface area contributed by atoms with Gasteiger partial charge < -0.3 is 11.1 Å². The number of aromatic nitrogens is 1. The fourth-order valence-corrected chi connectivity index (χ4v) is 1.84. The van der Waals surface area contributed by atoms with Crippen molar-refractivity contribution in [3.63, 3.8) is 0 Å². The number of benzene rings is 1.